The van der Waals surface area contributed by atoms with Crippen molar-refractivity contribution < 1.29 is 0 Å². The Morgan fingerprint density at radius 1 is 1.40 bits per heavy atom. The van der Waals surface area contributed by atoms with Gasteiger partial charge in [0.2, 0.25) is 0 Å². The van der Waals surface area contributed by atoms with E-state index in [0.29, 0.717) is 6.04 Å². The lowest BCUT2D eigenvalue weighted by Gasteiger charge is -2.13. The second-order valence-corrected chi connectivity index (χ2v) is 4.21. The normalized spacial score (nSPS) is 13.1. The fourth-order valence-corrected chi connectivity index (χ4v) is 2.05. The summed E-state index contributed by atoms with van der Waals surface area (Å²) in [7, 11) is 4.05. The Labute approximate surface area is 92.9 Å². The summed E-state index contributed by atoms with van der Waals surface area (Å²) in [4.78, 5) is 0. The summed E-state index contributed by atoms with van der Waals surface area (Å²) < 4.78 is 1.98. The van der Waals surface area contributed by atoms with Crippen molar-refractivity contribution >= 4 is 0 Å². The summed E-state index contributed by atoms with van der Waals surface area (Å²) in [6.45, 7) is 6.47. The highest BCUT2D eigenvalue weighted by molar-refractivity contribution is 5.24. The van der Waals surface area contributed by atoms with Gasteiger partial charge in [-0.3, -0.25) is 4.68 Å². The summed E-state index contributed by atoms with van der Waals surface area (Å²) in [5, 5.41) is 7.78. The third-order valence-corrected chi connectivity index (χ3v) is 3.30. The van der Waals surface area contributed by atoms with Crippen LogP contribution in [0.5, 0.6) is 0 Å². The third kappa shape index (κ3) is 2.81. The summed E-state index contributed by atoms with van der Waals surface area (Å²) in [6.07, 6.45) is 3.51. The van der Waals surface area contributed by atoms with Crippen LogP contribution < -0.4 is 5.32 Å². The minimum Gasteiger partial charge on any atom is -0.317 e. The predicted molar refractivity (Wildman–Crippen MR) is 64.1 cm³/mol. The number of nitrogens with zero attached hydrogens (tertiary/aromatic N) is 2. The van der Waals surface area contributed by atoms with Crippen LogP contribution in [0.4, 0.5) is 0 Å². The molecule has 15 heavy (non-hydrogen) atoms. The van der Waals surface area contributed by atoms with Crippen LogP contribution >= 0.6 is 0 Å². The molecule has 0 spiro atoms. The van der Waals surface area contributed by atoms with E-state index in [0.717, 1.165) is 6.42 Å². The van der Waals surface area contributed by atoms with E-state index in [1.165, 1.54) is 29.8 Å². The van der Waals surface area contributed by atoms with Gasteiger partial charge in [0.1, 0.15) is 0 Å². The molecule has 1 aromatic heterocycles. The van der Waals surface area contributed by atoms with Gasteiger partial charge in [-0.1, -0.05) is 6.92 Å². The topological polar surface area (TPSA) is 29.9 Å². The van der Waals surface area contributed by atoms with E-state index >= 15 is 0 Å². The van der Waals surface area contributed by atoms with Crippen molar-refractivity contribution in [2.24, 2.45) is 7.05 Å². The molecule has 0 bridgehead atoms. The molecule has 0 amide bonds. The highest BCUT2D eigenvalue weighted by Gasteiger charge is 2.11. The quantitative estimate of drug-likeness (QED) is 0.803. The zero-order chi connectivity index (χ0) is 11.4. The zero-order valence-electron chi connectivity index (χ0n) is 10.6. The maximum atomic E-state index is 4.44. The molecule has 1 heterocycles. The van der Waals surface area contributed by atoms with Crippen molar-refractivity contribution in [2.75, 3.05) is 7.05 Å². The van der Waals surface area contributed by atoms with Crippen molar-refractivity contribution in [1.82, 2.24) is 15.1 Å². The molecular formula is C12H23N3. The van der Waals surface area contributed by atoms with Crippen LogP contribution in [0.3, 0.4) is 0 Å². The van der Waals surface area contributed by atoms with Gasteiger partial charge in [0, 0.05) is 18.8 Å². The zero-order valence-corrected chi connectivity index (χ0v) is 10.6. The highest BCUT2D eigenvalue weighted by atomic mass is 15.3. The number of aryl methyl sites for hydroxylation is 2. The fourth-order valence-electron chi connectivity index (χ4n) is 2.05. The van der Waals surface area contributed by atoms with Gasteiger partial charge in [0.25, 0.3) is 0 Å². The third-order valence-electron chi connectivity index (χ3n) is 3.30. The molecule has 0 saturated heterocycles. The van der Waals surface area contributed by atoms with Crippen LogP contribution in [0, 0.1) is 13.8 Å². The van der Waals surface area contributed by atoms with E-state index in [9.17, 15) is 0 Å². The molecule has 0 fully saturated rings. The largest absolute Gasteiger partial charge is 0.317 e. The lowest BCUT2D eigenvalue weighted by atomic mass is 10.0. The van der Waals surface area contributed by atoms with Gasteiger partial charge in [-0.25, -0.2) is 0 Å². The first-order valence-electron chi connectivity index (χ1n) is 5.76. The van der Waals surface area contributed by atoms with Gasteiger partial charge in [0.05, 0.1) is 5.69 Å². The standard InChI is InChI=1S/C12H23N3/c1-6-11(13-4)7-8-12-9(2)14-15(5)10(12)3/h11,13H,6-8H2,1-5H3. The molecule has 0 saturated carbocycles. The Bertz CT molecular complexity index is 311. The molecular weight excluding hydrogens is 186 g/mol. The summed E-state index contributed by atoms with van der Waals surface area (Å²) >= 11 is 0. The molecule has 1 N–H and O–H groups in total. The van der Waals surface area contributed by atoms with E-state index in [1.54, 1.807) is 0 Å². The molecule has 0 aliphatic carbocycles. The first kappa shape index (κ1) is 12.2. The Balaban J connectivity index is 2.64. The van der Waals surface area contributed by atoms with Crippen molar-refractivity contribution in [1.29, 1.82) is 0 Å². The van der Waals surface area contributed by atoms with Gasteiger partial charge < -0.3 is 5.32 Å². The van der Waals surface area contributed by atoms with E-state index in [4.69, 9.17) is 0 Å². The number of rotatable bonds is 5. The lowest BCUT2D eigenvalue weighted by Crippen LogP contribution is -2.24. The van der Waals surface area contributed by atoms with Crippen molar-refractivity contribution in [2.45, 2.75) is 46.1 Å². The second kappa shape index (κ2) is 5.31. The van der Waals surface area contributed by atoms with Gasteiger partial charge in [-0.15, -0.1) is 0 Å². The molecule has 1 atom stereocenters. The Morgan fingerprint density at radius 3 is 2.47 bits per heavy atom. The summed E-state index contributed by atoms with van der Waals surface area (Å²) in [6, 6.07) is 0.629. The first-order chi connectivity index (χ1) is 7.10. The number of aromatic nitrogens is 2. The first-order valence-corrected chi connectivity index (χ1v) is 5.76. The second-order valence-electron chi connectivity index (χ2n) is 4.21. The molecule has 0 aliphatic heterocycles. The molecule has 0 aromatic carbocycles. The molecule has 3 heteroatoms. The van der Waals surface area contributed by atoms with E-state index in [1.807, 2.05) is 18.8 Å². The molecule has 86 valence electrons. The van der Waals surface area contributed by atoms with Crippen molar-refractivity contribution in [3.05, 3.63) is 17.0 Å². The van der Waals surface area contributed by atoms with Crippen LogP contribution in [0.15, 0.2) is 0 Å². The van der Waals surface area contributed by atoms with Crippen LogP contribution in [0.25, 0.3) is 0 Å². The molecule has 1 aromatic rings. The lowest BCUT2D eigenvalue weighted by molar-refractivity contribution is 0.508. The maximum Gasteiger partial charge on any atom is 0.0628 e. The van der Waals surface area contributed by atoms with Gasteiger partial charge in [0.15, 0.2) is 0 Å². The van der Waals surface area contributed by atoms with Crippen LogP contribution in [0.2, 0.25) is 0 Å². The van der Waals surface area contributed by atoms with E-state index in [2.05, 4.69) is 31.2 Å². The van der Waals surface area contributed by atoms with E-state index < -0.39 is 0 Å². The molecule has 0 aliphatic rings. The van der Waals surface area contributed by atoms with E-state index in [-0.39, 0.29) is 0 Å². The number of hydrogen-bond donors (Lipinski definition) is 1. The fraction of sp³-hybridized carbons (Fsp3) is 0.750. The molecule has 0 radical (unpaired) electrons. The Hall–Kier alpha value is -0.830. The minimum absolute atomic E-state index is 0.629. The Morgan fingerprint density at radius 2 is 2.07 bits per heavy atom. The smallest absolute Gasteiger partial charge is 0.0628 e. The Kier molecular flexibility index (Phi) is 4.33. The highest BCUT2D eigenvalue weighted by Crippen LogP contribution is 2.15. The molecule has 1 unspecified atom stereocenters. The summed E-state index contributed by atoms with van der Waals surface area (Å²) in [5.74, 6) is 0. The van der Waals surface area contributed by atoms with Crippen LogP contribution in [0.1, 0.15) is 36.7 Å². The van der Waals surface area contributed by atoms with Crippen LogP contribution in [-0.4, -0.2) is 22.9 Å². The molecule has 3 nitrogen and oxygen atoms in total. The van der Waals surface area contributed by atoms with Crippen molar-refractivity contribution in [3.63, 3.8) is 0 Å². The average molecular weight is 209 g/mol. The monoisotopic (exact) mass is 209 g/mol. The van der Waals surface area contributed by atoms with Gasteiger partial charge >= 0.3 is 0 Å². The predicted octanol–water partition coefficient (Wildman–Crippen LogP) is 1.97. The van der Waals surface area contributed by atoms with Crippen LogP contribution in [-0.2, 0) is 13.5 Å². The number of hydrogen-bond acceptors (Lipinski definition) is 2. The van der Waals surface area contributed by atoms with Gasteiger partial charge in [-0.2, -0.15) is 5.10 Å². The summed E-state index contributed by atoms with van der Waals surface area (Å²) in [5.41, 5.74) is 3.91. The number of nitrogens with one attached hydrogen (secondary N) is 1. The molecule has 1 rings (SSSR count). The minimum atomic E-state index is 0.629. The maximum absolute atomic E-state index is 4.44. The SMILES string of the molecule is CCC(CCc1c(C)nn(C)c1C)NC. The average Bonchev–Trinajstić information content (AvgIpc) is 2.45. The van der Waals surface area contributed by atoms with Crippen molar-refractivity contribution in [3.8, 4) is 0 Å². The van der Waals surface area contributed by atoms with Gasteiger partial charge in [-0.05, 0) is 45.7 Å².